The Morgan fingerprint density at radius 1 is 0.300 bits per heavy atom. The molecule has 0 N–H and O–H groups in total. The molecule has 0 aromatic heterocycles. The van der Waals surface area contributed by atoms with Crippen LogP contribution in [-0.2, 0) is 28.6 Å². The van der Waals surface area contributed by atoms with Crippen molar-refractivity contribution in [3.8, 4) is 0 Å². The first-order chi connectivity index (χ1) is 34.3. The van der Waals surface area contributed by atoms with Gasteiger partial charge in [-0.15, -0.1) is 0 Å². The highest BCUT2D eigenvalue weighted by Crippen LogP contribution is 2.19. The Morgan fingerprint density at radius 3 is 0.814 bits per heavy atom. The van der Waals surface area contributed by atoms with Gasteiger partial charge in [-0.2, -0.15) is 0 Å². The Kier molecular flexibility index (Phi) is 55.4. The Bertz CT molecular complexity index is 1070. The molecule has 0 aromatic carbocycles. The first-order valence-corrected chi connectivity index (χ1v) is 31.8. The maximum atomic E-state index is 12.9. The second kappa shape index (κ2) is 56.7. The van der Waals surface area contributed by atoms with E-state index in [0.717, 1.165) is 69.6 Å². The molecular weight excluding hydrogens is 865 g/mol. The van der Waals surface area contributed by atoms with Crippen LogP contribution in [0.15, 0.2) is 0 Å². The van der Waals surface area contributed by atoms with Crippen LogP contribution < -0.4 is 0 Å². The van der Waals surface area contributed by atoms with Gasteiger partial charge < -0.3 is 14.2 Å². The van der Waals surface area contributed by atoms with E-state index in [2.05, 4.69) is 34.6 Å². The lowest BCUT2D eigenvalue weighted by atomic mass is 9.99. The van der Waals surface area contributed by atoms with Gasteiger partial charge in [0.2, 0.25) is 0 Å². The van der Waals surface area contributed by atoms with E-state index < -0.39 is 6.10 Å². The molecule has 416 valence electrons. The number of rotatable bonds is 58. The molecule has 0 bridgehead atoms. The van der Waals surface area contributed by atoms with Gasteiger partial charge in [-0.1, -0.05) is 324 Å². The van der Waals surface area contributed by atoms with E-state index in [4.69, 9.17) is 14.2 Å². The highest BCUT2D eigenvalue weighted by Gasteiger charge is 2.19. The second-order valence-electron chi connectivity index (χ2n) is 22.8. The number of esters is 3. The largest absolute Gasteiger partial charge is 0.462 e. The predicted molar refractivity (Wildman–Crippen MR) is 303 cm³/mol. The highest BCUT2D eigenvalue weighted by molar-refractivity contribution is 5.71. The quantitative estimate of drug-likeness (QED) is 0.0343. The Balaban J connectivity index is 4.23. The van der Waals surface area contributed by atoms with Crippen LogP contribution in [0.5, 0.6) is 0 Å². The third-order valence-electron chi connectivity index (χ3n) is 15.1. The number of hydrogen-bond acceptors (Lipinski definition) is 6. The summed E-state index contributed by atoms with van der Waals surface area (Å²) >= 11 is 0. The lowest BCUT2D eigenvalue weighted by Gasteiger charge is -2.18. The molecule has 0 aliphatic rings. The summed E-state index contributed by atoms with van der Waals surface area (Å²) in [6, 6.07) is 0. The minimum Gasteiger partial charge on any atom is -0.462 e. The van der Waals surface area contributed by atoms with Gasteiger partial charge in [0, 0.05) is 19.3 Å². The van der Waals surface area contributed by atoms with Gasteiger partial charge in [-0.25, -0.2) is 0 Å². The molecule has 2 atom stereocenters. The first-order valence-electron chi connectivity index (χ1n) is 31.8. The van der Waals surface area contributed by atoms with Crippen LogP contribution in [-0.4, -0.2) is 37.2 Å². The molecule has 6 nitrogen and oxygen atoms in total. The Hall–Kier alpha value is -1.59. The fraction of sp³-hybridized carbons (Fsp3) is 0.953. The summed E-state index contributed by atoms with van der Waals surface area (Å²) in [7, 11) is 0. The number of carbonyl (C=O) groups excluding carboxylic acids is 3. The van der Waals surface area contributed by atoms with Gasteiger partial charge in [0.15, 0.2) is 6.10 Å². The molecular formula is C64H124O6. The molecule has 0 saturated carbocycles. The topological polar surface area (TPSA) is 78.9 Å². The lowest BCUT2D eigenvalue weighted by Crippen LogP contribution is -2.30. The number of ether oxygens (including phenoxy) is 3. The standard InChI is InChI=1S/C64H124O6/c1-6-8-9-10-11-12-13-29-34-39-44-49-54-62(65)68-57-61(70-64(67)56-51-46-41-36-31-26-22-18-19-23-27-32-37-42-47-52-59(3)4)58-69-63(66)55-50-45-40-35-30-25-21-17-15-14-16-20-24-28-33-38-43-48-53-60(5)7-2/h59-61H,6-58H2,1-5H3/t60?,61-/m0/s1. The Morgan fingerprint density at radius 2 is 0.543 bits per heavy atom. The average molecular weight is 990 g/mol. The molecule has 0 aliphatic carbocycles. The summed E-state index contributed by atoms with van der Waals surface area (Å²) in [5.74, 6) is 0.925. The molecule has 0 saturated heterocycles. The number of unbranched alkanes of at least 4 members (excludes halogenated alkanes) is 42. The smallest absolute Gasteiger partial charge is 0.306 e. The third kappa shape index (κ3) is 55.7. The monoisotopic (exact) mass is 989 g/mol. The lowest BCUT2D eigenvalue weighted by molar-refractivity contribution is -0.167. The second-order valence-corrected chi connectivity index (χ2v) is 22.8. The zero-order chi connectivity index (χ0) is 51.1. The van der Waals surface area contributed by atoms with Crippen molar-refractivity contribution in [1.82, 2.24) is 0 Å². The van der Waals surface area contributed by atoms with E-state index in [9.17, 15) is 14.4 Å². The van der Waals surface area contributed by atoms with E-state index in [-0.39, 0.29) is 31.1 Å². The molecule has 70 heavy (non-hydrogen) atoms. The van der Waals surface area contributed by atoms with Crippen molar-refractivity contribution >= 4 is 17.9 Å². The zero-order valence-corrected chi connectivity index (χ0v) is 48.2. The van der Waals surface area contributed by atoms with Gasteiger partial charge in [-0.3, -0.25) is 14.4 Å². The van der Waals surface area contributed by atoms with Crippen molar-refractivity contribution in [1.29, 1.82) is 0 Å². The van der Waals surface area contributed by atoms with Crippen LogP contribution in [0.3, 0.4) is 0 Å². The van der Waals surface area contributed by atoms with Crippen molar-refractivity contribution in [2.75, 3.05) is 13.2 Å². The maximum Gasteiger partial charge on any atom is 0.306 e. The molecule has 0 fully saturated rings. The number of carbonyl (C=O) groups is 3. The van der Waals surface area contributed by atoms with Crippen molar-refractivity contribution in [2.24, 2.45) is 11.8 Å². The zero-order valence-electron chi connectivity index (χ0n) is 48.2. The molecule has 1 unspecified atom stereocenters. The van der Waals surface area contributed by atoms with Crippen LogP contribution in [0, 0.1) is 11.8 Å². The molecule has 0 radical (unpaired) electrons. The molecule has 0 spiro atoms. The molecule has 6 heteroatoms. The van der Waals surface area contributed by atoms with Crippen LogP contribution in [0.4, 0.5) is 0 Å². The predicted octanol–water partition coefficient (Wildman–Crippen LogP) is 21.2. The summed E-state index contributed by atoms with van der Waals surface area (Å²) in [4.78, 5) is 38.2. The Labute approximate surface area is 438 Å². The fourth-order valence-corrected chi connectivity index (χ4v) is 9.90. The third-order valence-corrected chi connectivity index (χ3v) is 15.1. The van der Waals surface area contributed by atoms with Crippen LogP contribution in [0.1, 0.15) is 362 Å². The summed E-state index contributed by atoms with van der Waals surface area (Å²) in [5, 5.41) is 0. The molecule has 0 rings (SSSR count). The van der Waals surface area contributed by atoms with Crippen molar-refractivity contribution in [3.63, 3.8) is 0 Å². The van der Waals surface area contributed by atoms with Gasteiger partial charge in [0.25, 0.3) is 0 Å². The minimum absolute atomic E-state index is 0.0619. The fourth-order valence-electron chi connectivity index (χ4n) is 9.90. The van der Waals surface area contributed by atoms with E-state index in [1.165, 1.54) is 250 Å². The van der Waals surface area contributed by atoms with Crippen molar-refractivity contribution < 1.29 is 28.6 Å². The summed E-state index contributed by atoms with van der Waals surface area (Å²) in [6.07, 6.45) is 62.4. The highest BCUT2D eigenvalue weighted by atomic mass is 16.6. The minimum atomic E-state index is -0.763. The van der Waals surface area contributed by atoms with E-state index in [1.807, 2.05) is 0 Å². The van der Waals surface area contributed by atoms with Gasteiger partial charge in [-0.05, 0) is 31.1 Å². The van der Waals surface area contributed by atoms with Crippen molar-refractivity contribution in [2.45, 2.75) is 368 Å². The normalized spacial score (nSPS) is 12.4. The summed E-state index contributed by atoms with van der Waals surface area (Å²) < 4.78 is 16.9. The van der Waals surface area contributed by atoms with Crippen molar-refractivity contribution in [3.05, 3.63) is 0 Å². The molecule has 0 aromatic rings. The van der Waals surface area contributed by atoms with E-state index >= 15 is 0 Å². The molecule has 0 amide bonds. The summed E-state index contributed by atoms with van der Waals surface area (Å²) in [6.45, 7) is 11.5. The first kappa shape index (κ1) is 68.4. The summed E-state index contributed by atoms with van der Waals surface area (Å²) in [5.41, 5.74) is 0. The average Bonchev–Trinajstić information content (AvgIpc) is 3.35. The molecule has 0 aliphatic heterocycles. The van der Waals surface area contributed by atoms with Crippen LogP contribution >= 0.6 is 0 Å². The number of hydrogen-bond donors (Lipinski definition) is 0. The molecule has 0 heterocycles. The maximum absolute atomic E-state index is 12.9. The van der Waals surface area contributed by atoms with Gasteiger partial charge >= 0.3 is 17.9 Å². The van der Waals surface area contributed by atoms with Crippen LogP contribution in [0.25, 0.3) is 0 Å². The van der Waals surface area contributed by atoms with Crippen LogP contribution in [0.2, 0.25) is 0 Å². The SMILES string of the molecule is CCCCCCCCCCCCCCC(=O)OC[C@@H](COC(=O)CCCCCCCCCCCCCCCCCCCCC(C)CC)OC(=O)CCCCCCCCCCCCCCCCCC(C)C. The van der Waals surface area contributed by atoms with Gasteiger partial charge in [0.1, 0.15) is 13.2 Å². The van der Waals surface area contributed by atoms with E-state index in [1.54, 1.807) is 0 Å². The van der Waals surface area contributed by atoms with Gasteiger partial charge in [0.05, 0.1) is 0 Å². The van der Waals surface area contributed by atoms with E-state index in [0.29, 0.717) is 19.3 Å².